The highest BCUT2D eigenvalue weighted by Crippen LogP contribution is 2.28. The molecule has 3 heterocycles. The van der Waals surface area contributed by atoms with Crippen molar-refractivity contribution in [1.29, 1.82) is 0 Å². The first-order valence-electron chi connectivity index (χ1n) is 9.76. The number of carbonyl (C=O) groups excluding carboxylic acids is 2. The lowest BCUT2D eigenvalue weighted by Crippen LogP contribution is -2.43. The summed E-state index contributed by atoms with van der Waals surface area (Å²) in [6.45, 7) is 5.12. The van der Waals surface area contributed by atoms with Crippen LogP contribution in [0, 0.1) is 19.7 Å². The monoisotopic (exact) mass is 444 g/mol. The smallest absolute Gasteiger partial charge is 0.266 e. The van der Waals surface area contributed by atoms with Crippen LogP contribution in [0.5, 0.6) is 0 Å². The van der Waals surface area contributed by atoms with Crippen LogP contribution in [0.25, 0.3) is 10.2 Å². The molecule has 2 amide bonds. The maximum absolute atomic E-state index is 13.8. The van der Waals surface area contributed by atoms with E-state index in [2.05, 4.69) is 10.3 Å². The van der Waals surface area contributed by atoms with E-state index in [4.69, 9.17) is 4.74 Å². The molecule has 10 heteroatoms. The van der Waals surface area contributed by atoms with Gasteiger partial charge in [-0.2, -0.15) is 0 Å². The van der Waals surface area contributed by atoms with E-state index in [9.17, 15) is 18.8 Å². The normalized spacial score (nSPS) is 14.1. The molecule has 0 saturated carbocycles. The van der Waals surface area contributed by atoms with Crippen molar-refractivity contribution < 1.29 is 18.7 Å². The maximum atomic E-state index is 13.8. The molecule has 0 spiro atoms. The molecule has 31 heavy (non-hydrogen) atoms. The number of halogens is 1. The molecular formula is C21H21FN4O4S. The number of morpholine rings is 1. The fraction of sp³-hybridized carbons (Fsp3) is 0.333. The summed E-state index contributed by atoms with van der Waals surface area (Å²) in [6, 6.07) is 4.44. The Bertz CT molecular complexity index is 1230. The molecule has 1 fully saturated rings. The molecular weight excluding hydrogens is 423 g/mol. The largest absolute Gasteiger partial charge is 0.378 e. The number of anilines is 1. The standard InChI is InChI=1S/C21H21FN4O4S/c1-12-3-4-14(9-15(12)22)24-19(28)18-13(2)17-20(31-18)23-11-26(21(17)29)10-16(27)25-5-7-30-8-6-25/h3-4,9,11H,5-8,10H2,1-2H3,(H,24,28). The second kappa shape index (κ2) is 8.56. The van der Waals surface area contributed by atoms with Gasteiger partial charge in [0.15, 0.2) is 0 Å². The van der Waals surface area contributed by atoms with Crippen molar-refractivity contribution in [2.45, 2.75) is 20.4 Å². The molecule has 1 aliphatic heterocycles. The van der Waals surface area contributed by atoms with Crippen LogP contribution >= 0.6 is 11.3 Å². The average molecular weight is 444 g/mol. The van der Waals surface area contributed by atoms with Gasteiger partial charge in [0.1, 0.15) is 17.2 Å². The highest BCUT2D eigenvalue weighted by Gasteiger charge is 2.22. The zero-order valence-electron chi connectivity index (χ0n) is 17.1. The topological polar surface area (TPSA) is 93.5 Å². The average Bonchev–Trinajstić information content (AvgIpc) is 3.10. The molecule has 4 rings (SSSR count). The molecule has 3 aromatic rings. The van der Waals surface area contributed by atoms with Crippen LogP contribution < -0.4 is 10.9 Å². The van der Waals surface area contributed by atoms with Crippen LogP contribution in [-0.2, 0) is 16.1 Å². The quantitative estimate of drug-likeness (QED) is 0.667. The van der Waals surface area contributed by atoms with E-state index in [-0.39, 0.29) is 18.0 Å². The van der Waals surface area contributed by atoms with E-state index >= 15 is 0 Å². The molecule has 2 aromatic heterocycles. The van der Waals surface area contributed by atoms with Gasteiger partial charge in [-0.25, -0.2) is 9.37 Å². The van der Waals surface area contributed by atoms with Crippen LogP contribution in [0.4, 0.5) is 10.1 Å². The highest BCUT2D eigenvalue weighted by molar-refractivity contribution is 7.20. The number of rotatable bonds is 4. The fourth-order valence-electron chi connectivity index (χ4n) is 3.41. The molecule has 0 unspecified atom stereocenters. The van der Waals surface area contributed by atoms with Gasteiger partial charge in [0.25, 0.3) is 11.5 Å². The molecule has 0 radical (unpaired) electrons. The molecule has 8 nitrogen and oxygen atoms in total. The van der Waals surface area contributed by atoms with Crippen LogP contribution in [0.15, 0.2) is 29.3 Å². The molecule has 1 aromatic carbocycles. The number of benzene rings is 1. The Kier molecular flexibility index (Phi) is 5.84. The van der Waals surface area contributed by atoms with Crippen molar-refractivity contribution in [3.05, 3.63) is 56.7 Å². The van der Waals surface area contributed by atoms with E-state index in [1.165, 1.54) is 17.0 Å². The number of ether oxygens (including phenoxy) is 1. The van der Waals surface area contributed by atoms with Crippen LogP contribution in [0.3, 0.4) is 0 Å². The molecule has 0 atom stereocenters. The Morgan fingerprint density at radius 1 is 1.26 bits per heavy atom. The summed E-state index contributed by atoms with van der Waals surface area (Å²) in [7, 11) is 0. The van der Waals surface area contributed by atoms with Crippen molar-refractivity contribution in [2.24, 2.45) is 0 Å². The van der Waals surface area contributed by atoms with Gasteiger partial charge in [0, 0.05) is 18.8 Å². The summed E-state index contributed by atoms with van der Waals surface area (Å²) in [6.07, 6.45) is 1.33. The van der Waals surface area contributed by atoms with Gasteiger partial charge in [-0.15, -0.1) is 11.3 Å². The fourth-order valence-corrected chi connectivity index (χ4v) is 4.44. The van der Waals surface area contributed by atoms with Crippen LogP contribution in [-0.4, -0.2) is 52.6 Å². The number of carbonyl (C=O) groups is 2. The van der Waals surface area contributed by atoms with Gasteiger partial charge in [0.05, 0.1) is 29.8 Å². The summed E-state index contributed by atoms with van der Waals surface area (Å²) in [4.78, 5) is 44.9. The number of aromatic nitrogens is 2. The number of nitrogens with zero attached hydrogens (tertiary/aromatic N) is 3. The van der Waals surface area contributed by atoms with E-state index in [1.54, 1.807) is 30.9 Å². The SMILES string of the molecule is Cc1ccc(NC(=O)c2sc3ncn(CC(=O)N4CCOCC4)c(=O)c3c2C)cc1F. The first kappa shape index (κ1) is 21.1. The number of hydrogen-bond donors (Lipinski definition) is 1. The van der Waals surface area contributed by atoms with Crippen LogP contribution in [0.2, 0.25) is 0 Å². The van der Waals surface area contributed by atoms with E-state index in [0.29, 0.717) is 58.2 Å². The minimum atomic E-state index is -0.445. The number of nitrogens with one attached hydrogen (secondary N) is 1. The summed E-state index contributed by atoms with van der Waals surface area (Å²) < 4.78 is 20.3. The van der Waals surface area contributed by atoms with Gasteiger partial charge >= 0.3 is 0 Å². The van der Waals surface area contributed by atoms with E-state index in [0.717, 1.165) is 11.3 Å². The Hall–Kier alpha value is -3.11. The van der Waals surface area contributed by atoms with Gasteiger partial charge in [-0.05, 0) is 37.1 Å². The third-order valence-electron chi connectivity index (χ3n) is 5.22. The predicted molar refractivity (Wildman–Crippen MR) is 115 cm³/mol. The number of thiophene rings is 1. The first-order valence-corrected chi connectivity index (χ1v) is 10.6. The van der Waals surface area contributed by atoms with Crippen molar-refractivity contribution in [2.75, 3.05) is 31.6 Å². The Morgan fingerprint density at radius 3 is 2.71 bits per heavy atom. The Labute approximate surface area is 181 Å². The van der Waals surface area contributed by atoms with Crippen molar-refractivity contribution >= 4 is 39.1 Å². The zero-order chi connectivity index (χ0) is 22.1. The van der Waals surface area contributed by atoms with Crippen molar-refractivity contribution in [1.82, 2.24) is 14.5 Å². The summed E-state index contributed by atoms with van der Waals surface area (Å²) >= 11 is 1.09. The summed E-state index contributed by atoms with van der Waals surface area (Å²) in [5.41, 5.74) is 0.912. The Morgan fingerprint density at radius 2 is 2.00 bits per heavy atom. The molecule has 1 N–H and O–H groups in total. The second-order valence-corrected chi connectivity index (χ2v) is 8.32. The molecule has 162 valence electrons. The Balaban J connectivity index is 1.60. The predicted octanol–water partition coefficient (Wildman–Crippen LogP) is 2.33. The lowest BCUT2D eigenvalue weighted by Gasteiger charge is -2.26. The highest BCUT2D eigenvalue weighted by atomic mass is 32.1. The van der Waals surface area contributed by atoms with Crippen LogP contribution in [0.1, 0.15) is 20.8 Å². The second-order valence-electron chi connectivity index (χ2n) is 7.33. The van der Waals surface area contributed by atoms with Crippen molar-refractivity contribution in [3.63, 3.8) is 0 Å². The lowest BCUT2D eigenvalue weighted by atomic mass is 10.2. The summed E-state index contributed by atoms with van der Waals surface area (Å²) in [5, 5.41) is 2.97. The number of aryl methyl sites for hydroxylation is 2. The van der Waals surface area contributed by atoms with Crippen molar-refractivity contribution in [3.8, 4) is 0 Å². The van der Waals surface area contributed by atoms with E-state index < -0.39 is 11.7 Å². The molecule has 1 aliphatic rings. The molecule has 0 aliphatic carbocycles. The third kappa shape index (κ3) is 4.21. The third-order valence-corrected chi connectivity index (χ3v) is 6.42. The molecule has 0 bridgehead atoms. The lowest BCUT2D eigenvalue weighted by molar-refractivity contribution is -0.135. The number of fused-ring (bicyclic) bond motifs is 1. The van der Waals surface area contributed by atoms with Gasteiger partial charge in [0.2, 0.25) is 5.91 Å². The minimum absolute atomic E-state index is 0.124. The minimum Gasteiger partial charge on any atom is -0.378 e. The number of amides is 2. The van der Waals surface area contributed by atoms with Gasteiger partial charge < -0.3 is 15.0 Å². The van der Waals surface area contributed by atoms with E-state index in [1.807, 2.05) is 0 Å². The zero-order valence-corrected chi connectivity index (χ0v) is 17.9. The summed E-state index contributed by atoms with van der Waals surface area (Å²) in [5.74, 6) is -1.04. The van der Waals surface area contributed by atoms with Gasteiger partial charge in [-0.3, -0.25) is 19.0 Å². The maximum Gasteiger partial charge on any atom is 0.266 e. The number of hydrogen-bond acceptors (Lipinski definition) is 6. The first-order chi connectivity index (χ1) is 14.8. The molecule has 1 saturated heterocycles. The van der Waals surface area contributed by atoms with Gasteiger partial charge in [-0.1, -0.05) is 6.07 Å².